The Labute approximate surface area is 83.9 Å². The molecule has 5 nitrogen and oxygen atoms in total. The molecule has 1 heterocycles. The second-order valence-electron chi connectivity index (χ2n) is 3.85. The zero-order valence-electron chi connectivity index (χ0n) is 8.68. The van der Waals surface area contributed by atoms with Crippen molar-refractivity contribution in [2.75, 3.05) is 33.3 Å². The largest absolute Gasteiger partial charge is 0.480 e. The van der Waals surface area contributed by atoms with Crippen molar-refractivity contribution in [2.24, 2.45) is 0 Å². The highest BCUT2D eigenvalue weighted by atomic mass is 16.4. The molecule has 1 rings (SSSR count). The number of likely N-dealkylation sites (N-methyl/N-ethyl adjacent to an activating group) is 1. The topological polar surface area (TPSA) is 64.0 Å². The van der Waals surface area contributed by atoms with Gasteiger partial charge < -0.3 is 15.1 Å². The SMILES string of the molecule is CC(C(=O)O)N1CCN(C)CC1CO. The Bertz CT molecular complexity index is 210. The summed E-state index contributed by atoms with van der Waals surface area (Å²) in [5.74, 6) is -0.826. The molecule has 1 saturated heterocycles. The summed E-state index contributed by atoms with van der Waals surface area (Å²) in [6.07, 6.45) is 0. The van der Waals surface area contributed by atoms with Crippen LogP contribution < -0.4 is 0 Å². The van der Waals surface area contributed by atoms with E-state index in [1.54, 1.807) is 6.92 Å². The smallest absolute Gasteiger partial charge is 0.320 e. The number of carbonyl (C=O) groups is 1. The molecule has 0 spiro atoms. The van der Waals surface area contributed by atoms with Crippen LogP contribution in [0.4, 0.5) is 0 Å². The van der Waals surface area contributed by atoms with Gasteiger partial charge in [0.05, 0.1) is 6.61 Å². The van der Waals surface area contributed by atoms with Gasteiger partial charge in [0.1, 0.15) is 6.04 Å². The van der Waals surface area contributed by atoms with E-state index in [0.29, 0.717) is 6.54 Å². The normalized spacial score (nSPS) is 27.5. The lowest BCUT2D eigenvalue weighted by atomic mass is 10.1. The number of carboxylic acids is 1. The molecule has 0 radical (unpaired) electrons. The van der Waals surface area contributed by atoms with Gasteiger partial charge in [0, 0.05) is 25.7 Å². The highest BCUT2D eigenvalue weighted by Crippen LogP contribution is 2.12. The van der Waals surface area contributed by atoms with E-state index in [1.165, 1.54) is 0 Å². The molecule has 0 aliphatic carbocycles. The number of rotatable bonds is 3. The molecule has 1 fully saturated rings. The molecule has 5 heteroatoms. The Morgan fingerprint density at radius 1 is 1.57 bits per heavy atom. The van der Waals surface area contributed by atoms with Crippen molar-refractivity contribution in [1.29, 1.82) is 0 Å². The molecule has 0 bridgehead atoms. The summed E-state index contributed by atoms with van der Waals surface area (Å²) in [5, 5.41) is 18.0. The summed E-state index contributed by atoms with van der Waals surface area (Å²) >= 11 is 0. The standard InChI is InChI=1S/C9H18N2O3/c1-7(9(13)14)11-4-3-10(2)5-8(11)6-12/h7-8,12H,3-6H2,1-2H3,(H,13,14). The number of hydrogen-bond acceptors (Lipinski definition) is 4. The summed E-state index contributed by atoms with van der Waals surface area (Å²) in [6.45, 7) is 3.97. The molecule has 1 aliphatic rings. The van der Waals surface area contributed by atoms with Gasteiger partial charge in [-0.15, -0.1) is 0 Å². The van der Waals surface area contributed by atoms with Gasteiger partial charge >= 0.3 is 5.97 Å². The lowest BCUT2D eigenvalue weighted by Gasteiger charge is -2.41. The quantitative estimate of drug-likeness (QED) is 0.619. The molecule has 1 aliphatic heterocycles. The maximum Gasteiger partial charge on any atom is 0.320 e. The first kappa shape index (κ1) is 11.4. The lowest BCUT2D eigenvalue weighted by Crippen LogP contribution is -2.58. The number of nitrogens with zero attached hydrogens (tertiary/aromatic N) is 2. The van der Waals surface area contributed by atoms with Gasteiger partial charge in [-0.1, -0.05) is 0 Å². The van der Waals surface area contributed by atoms with Crippen molar-refractivity contribution < 1.29 is 15.0 Å². The minimum Gasteiger partial charge on any atom is -0.480 e. The van der Waals surface area contributed by atoms with Crippen LogP contribution in [-0.4, -0.2) is 71.4 Å². The summed E-state index contributed by atoms with van der Waals surface area (Å²) in [4.78, 5) is 14.8. The third kappa shape index (κ3) is 2.43. The van der Waals surface area contributed by atoms with E-state index in [2.05, 4.69) is 4.90 Å². The van der Waals surface area contributed by atoms with E-state index in [-0.39, 0.29) is 12.6 Å². The molecular formula is C9H18N2O3. The molecule has 0 aromatic heterocycles. The second-order valence-corrected chi connectivity index (χ2v) is 3.85. The van der Waals surface area contributed by atoms with Gasteiger partial charge in [-0.2, -0.15) is 0 Å². The van der Waals surface area contributed by atoms with Crippen LogP contribution in [0.3, 0.4) is 0 Å². The van der Waals surface area contributed by atoms with E-state index < -0.39 is 12.0 Å². The van der Waals surface area contributed by atoms with E-state index >= 15 is 0 Å². The van der Waals surface area contributed by atoms with Crippen molar-refractivity contribution in [3.8, 4) is 0 Å². The fraction of sp³-hybridized carbons (Fsp3) is 0.889. The summed E-state index contributed by atoms with van der Waals surface area (Å²) in [5.41, 5.74) is 0. The van der Waals surface area contributed by atoms with Gasteiger partial charge in [-0.3, -0.25) is 9.69 Å². The van der Waals surface area contributed by atoms with Crippen LogP contribution in [0.2, 0.25) is 0 Å². The van der Waals surface area contributed by atoms with Gasteiger partial charge in [0.2, 0.25) is 0 Å². The minimum absolute atomic E-state index is 0.0158. The van der Waals surface area contributed by atoms with E-state index in [0.717, 1.165) is 13.1 Å². The Morgan fingerprint density at radius 2 is 2.21 bits per heavy atom. The molecule has 0 amide bonds. The number of hydrogen-bond donors (Lipinski definition) is 2. The monoisotopic (exact) mass is 202 g/mol. The fourth-order valence-corrected chi connectivity index (χ4v) is 1.84. The van der Waals surface area contributed by atoms with Gasteiger partial charge in [-0.05, 0) is 14.0 Å². The van der Waals surface area contributed by atoms with E-state index in [9.17, 15) is 4.79 Å². The van der Waals surface area contributed by atoms with Gasteiger partial charge in [-0.25, -0.2) is 0 Å². The first-order valence-electron chi connectivity index (χ1n) is 4.84. The van der Waals surface area contributed by atoms with Gasteiger partial charge in [0.25, 0.3) is 0 Å². The zero-order chi connectivity index (χ0) is 10.7. The average Bonchev–Trinajstić information content (AvgIpc) is 2.16. The maximum absolute atomic E-state index is 10.8. The summed E-state index contributed by atoms with van der Waals surface area (Å²) in [6, 6.07) is -0.569. The van der Waals surface area contributed by atoms with Crippen molar-refractivity contribution in [2.45, 2.75) is 19.0 Å². The molecule has 0 saturated carbocycles. The molecule has 2 atom stereocenters. The molecule has 0 aromatic carbocycles. The minimum atomic E-state index is -0.826. The fourth-order valence-electron chi connectivity index (χ4n) is 1.84. The number of aliphatic hydroxyl groups is 1. The van der Waals surface area contributed by atoms with Gasteiger partial charge in [0.15, 0.2) is 0 Å². The van der Waals surface area contributed by atoms with Crippen LogP contribution >= 0.6 is 0 Å². The summed E-state index contributed by atoms with van der Waals surface area (Å²) < 4.78 is 0. The Kier molecular flexibility index (Phi) is 3.86. The maximum atomic E-state index is 10.8. The lowest BCUT2D eigenvalue weighted by molar-refractivity contribution is -0.145. The molecule has 82 valence electrons. The van der Waals surface area contributed by atoms with E-state index in [4.69, 9.17) is 10.2 Å². The number of carboxylic acid groups (broad SMARTS) is 1. The molecule has 2 unspecified atom stereocenters. The third-order valence-electron chi connectivity index (χ3n) is 2.80. The van der Waals surface area contributed by atoms with Crippen LogP contribution in [0.15, 0.2) is 0 Å². The van der Waals surface area contributed by atoms with Crippen molar-refractivity contribution in [1.82, 2.24) is 9.80 Å². The Hall–Kier alpha value is -0.650. The first-order valence-corrected chi connectivity index (χ1v) is 4.84. The van der Waals surface area contributed by atoms with Crippen LogP contribution in [-0.2, 0) is 4.79 Å². The summed E-state index contributed by atoms with van der Waals surface area (Å²) in [7, 11) is 1.98. The number of piperazine rings is 1. The molecule has 14 heavy (non-hydrogen) atoms. The molecular weight excluding hydrogens is 184 g/mol. The van der Waals surface area contributed by atoms with Crippen LogP contribution in [0.1, 0.15) is 6.92 Å². The predicted octanol–water partition coefficient (Wildman–Crippen LogP) is -0.932. The van der Waals surface area contributed by atoms with Crippen molar-refractivity contribution >= 4 is 5.97 Å². The van der Waals surface area contributed by atoms with Crippen LogP contribution in [0.5, 0.6) is 0 Å². The third-order valence-corrected chi connectivity index (χ3v) is 2.80. The second kappa shape index (κ2) is 4.72. The highest BCUT2D eigenvalue weighted by Gasteiger charge is 2.31. The predicted molar refractivity (Wildman–Crippen MR) is 52.2 cm³/mol. The Balaban J connectivity index is 2.62. The van der Waals surface area contributed by atoms with Crippen molar-refractivity contribution in [3.05, 3.63) is 0 Å². The number of aliphatic carboxylic acids is 1. The van der Waals surface area contributed by atoms with Crippen molar-refractivity contribution in [3.63, 3.8) is 0 Å². The van der Waals surface area contributed by atoms with E-state index in [1.807, 2.05) is 11.9 Å². The zero-order valence-corrected chi connectivity index (χ0v) is 8.68. The number of aliphatic hydroxyl groups excluding tert-OH is 1. The molecule has 0 aromatic rings. The first-order chi connectivity index (χ1) is 6.56. The van der Waals surface area contributed by atoms with Crippen LogP contribution in [0, 0.1) is 0 Å². The average molecular weight is 202 g/mol. The highest BCUT2D eigenvalue weighted by molar-refractivity contribution is 5.72. The molecule has 2 N–H and O–H groups in total. The Morgan fingerprint density at radius 3 is 2.71 bits per heavy atom. The van der Waals surface area contributed by atoms with Crippen LogP contribution in [0.25, 0.3) is 0 Å².